The van der Waals surface area contributed by atoms with E-state index in [4.69, 9.17) is 32.9 Å². The van der Waals surface area contributed by atoms with Crippen molar-refractivity contribution < 1.29 is 0 Å². The molecule has 81 heavy (non-hydrogen) atoms. The van der Waals surface area contributed by atoms with Gasteiger partial charge in [0, 0.05) is 32.8 Å². The molecule has 13 rings (SSSR count). The summed E-state index contributed by atoms with van der Waals surface area (Å²) < 4.78 is 4.55. The minimum absolute atomic E-state index is 0.447. The molecule has 0 fully saturated rings. The van der Waals surface area contributed by atoms with Crippen molar-refractivity contribution in [1.82, 2.24) is 9.13 Å². The van der Waals surface area contributed by atoms with Gasteiger partial charge in [0.1, 0.15) is 0 Å². The van der Waals surface area contributed by atoms with E-state index in [2.05, 4.69) is 136 Å². The fraction of sp³-hybridized carbons (Fsp3) is 0.0137. The summed E-state index contributed by atoms with van der Waals surface area (Å²) in [5, 5.41) is 13.8. The number of aryl methyl sites for hydroxylation is 1. The Bertz CT molecular complexity index is 4870. The van der Waals surface area contributed by atoms with E-state index in [0.717, 1.165) is 122 Å². The van der Waals surface area contributed by atoms with Crippen LogP contribution in [0, 0.1) is 51.1 Å². The summed E-state index contributed by atoms with van der Waals surface area (Å²) >= 11 is 0. The molecule has 372 valence electrons. The van der Waals surface area contributed by atoms with Gasteiger partial charge in [-0.15, -0.1) is 0 Å². The van der Waals surface area contributed by atoms with Gasteiger partial charge in [-0.25, -0.2) is 24.2 Å². The second-order valence-electron chi connectivity index (χ2n) is 19.9. The normalized spacial score (nSPS) is 11.0. The van der Waals surface area contributed by atoms with Gasteiger partial charge in [-0.1, -0.05) is 133 Å². The molecule has 0 saturated heterocycles. The molecule has 0 bridgehead atoms. The van der Waals surface area contributed by atoms with Crippen molar-refractivity contribution in [3.05, 3.63) is 293 Å². The molecular formula is C73H40N8. The van der Waals surface area contributed by atoms with Gasteiger partial charge in [0.05, 0.1) is 72.2 Å². The van der Waals surface area contributed by atoms with Gasteiger partial charge in [0.15, 0.2) is 28.4 Å². The smallest absolute Gasteiger partial charge is 0.197 e. The summed E-state index contributed by atoms with van der Waals surface area (Å²) in [5.74, 6) is 0. The molecular weight excluding hydrogens is 989 g/mol. The van der Waals surface area contributed by atoms with Crippen LogP contribution in [-0.4, -0.2) is 9.13 Å². The van der Waals surface area contributed by atoms with Crippen LogP contribution in [0.2, 0.25) is 0 Å². The van der Waals surface area contributed by atoms with Crippen molar-refractivity contribution >= 4 is 72.0 Å². The fourth-order valence-electron chi connectivity index (χ4n) is 11.5. The Kier molecular flexibility index (Phi) is 11.9. The van der Waals surface area contributed by atoms with Crippen LogP contribution in [0.3, 0.4) is 0 Å². The number of hydrogen-bond acceptors (Lipinski definition) is 1. The molecule has 0 N–H and O–H groups in total. The molecule has 0 aliphatic heterocycles. The predicted molar refractivity (Wildman–Crippen MR) is 328 cm³/mol. The Morgan fingerprint density at radius 1 is 0.333 bits per heavy atom. The number of hydrogen-bond donors (Lipinski definition) is 0. The van der Waals surface area contributed by atoms with E-state index < -0.39 is 0 Å². The third-order valence-electron chi connectivity index (χ3n) is 15.3. The van der Waals surface area contributed by atoms with Gasteiger partial charge in [-0.3, -0.25) is 0 Å². The lowest BCUT2D eigenvalue weighted by Gasteiger charge is -2.21. The second kappa shape index (κ2) is 19.8. The molecule has 8 heteroatoms. The molecule has 2 heterocycles. The van der Waals surface area contributed by atoms with Crippen molar-refractivity contribution in [1.29, 1.82) is 5.26 Å². The molecule has 0 aliphatic carbocycles. The Morgan fingerprint density at radius 3 is 1.19 bits per heavy atom. The average molecular weight is 1030 g/mol. The highest BCUT2D eigenvalue weighted by molar-refractivity contribution is 6.15. The number of nitrogens with zero attached hydrogens (tertiary/aromatic N) is 8. The maximum Gasteiger partial charge on any atom is 0.197 e. The highest BCUT2D eigenvalue weighted by Gasteiger charge is 2.25. The van der Waals surface area contributed by atoms with Crippen molar-refractivity contribution in [2.45, 2.75) is 6.92 Å². The van der Waals surface area contributed by atoms with E-state index in [1.165, 1.54) is 0 Å². The van der Waals surface area contributed by atoms with Gasteiger partial charge in [0.2, 0.25) is 0 Å². The quantitative estimate of drug-likeness (QED) is 0.140. The number of nitriles is 1. The van der Waals surface area contributed by atoms with Crippen LogP contribution in [0.4, 0.5) is 28.4 Å². The molecule has 0 atom stereocenters. The second-order valence-corrected chi connectivity index (χ2v) is 19.9. The van der Waals surface area contributed by atoms with Crippen molar-refractivity contribution in [2.75, 3.05) is 0 Å². The van der Waals surface area contributed by atoms with E-state index in [9.17, 15) is 5.26 Å². The minimum atomic E-state index is 0.447. The van der Waals surface area contributed by atoms with Crippen LogP contribution in [0.25, 0.3) is 146 Å². The van der Waals surface area contributed by atoms with Gasteiger partial charge < -0.3 is 9.13 Å². The first-order chi connectivity index (χ1) is 39.7. The maximum absolute atomic E-state index is 9.91. The first kappa shape index (κ1) is 48.6. The summed E-state index contributed by atoms with van der Waals surface area (Å²) in [4.78, 5) is 19.3. The Labute approximate surface area is 467 Å². The molecule has 0 spiro atoms. The van der Waals surface area contributed by atoms with Gasteiger partial charge in [0.25, 0.3) is 0 Å². The third-order valence-corrected chi connectivity index (χ3v) is 15.3. The number of fused-ring (bicyclic) bond motifs is 6. The van der Waals surface area contributed by atoms with E-state index in [1.54, 1.807) is 6.07 Å². The number of aromatic nitrogens is 2. The van der Waals surface area contributed by atoms with Crippen LogP contribution in [0.1, 0.15) is 11.1 Å². The van der Waals surface area contributed by atoms with Gasteiger partial charge in [-0.2, -0.15) is 5.26 Å². The third kappa shape index (κ3) is 8.37. The Balaban J connectivity index is 1.12. The first-order valence-corrected chi connectivity index (χ1v) is 26.0. The molecule has 0 unspecified atom stereocenters. The van der Waals surface area contributed by atoms with E-state index >= 15 is 0 Å². The summed E-state index contributed by atoms with van der Waals surface area (Å²) in [6.07, 6.45) is 0. The average Bonchev–Trinajstić information content (AvgIpc) is 4.09. The molecule has 0 amide bonds. The van der Waals surface area contributed by atoms with Crippen molar-refractivity contribution in [3.63, 3.8) is 0 Å². The minimum Gasteiger partial charge on any atom is -0.310 e. The van der Waals surface area contributed by atoms with E-state index in [-0.39, 0.29) is 0 Å². The summed E-state index contributed by atoms with van der Waals surface area (Å²) in [5.41, 5.74) is 20.3. The molecule has 8 nitrogen and oxygen atoms in total. The zero-order valence-electron chi connectivity index (χ0n) is 43.4. The summed E-state index contributed by atoms with van der Waals surface area (Å²) in [6.45, 7) is 42.2. The lowest BCUT2D eigenvalue weighted by molar-refractivity contribution is 1.16. The number of rotatable bonds is 8. The lowest BCUT2D eigenvalue weighted by Crippen LogP contribution is -2.02. The zero-order chi connectivity index (χ0) is 55.3. The van der Waals surface area contributed by atoms with E-state index in [1.807, 2.05) is 128 Å². The highest BCUT2D eigenvalue weighted by atomic mass is 15.0. The largest absolute Gasteiger partial charge is 0.310 e. The van der Waals surface area contributed by atoms with Crippen LogP contribution in [0.5, 0.6) is 0 Å². The van der Waals surface area contributed by atoms with Crippen LogP contribution in [0.15, 0.2) is 224 Å². The topological polar surface area (TPSA) is 55.5 Å². The lowest BCUT2D eigenvalue weighted by atomic mass is 9.93. The highest BCUT2D eigenvalue weighted by Crippen LogP contribution is 2.48. The van der Waals surface area contributed by atoms with Gasteiger partial charge in [-0.05, 0) is 165 Å². The molecule has 13 aromatic rings. The molecule has 0 saturated carbocycles. The van der Waals surface area contributed by atoms with E-state index in [0.29, 0.717) is 39.6 Å². The monoisotopic (exact) mass is 1030 g/mol. The molecule has 11 aromatic carbocycles. The van der Waals surface area contributed by atoms with Crippen molar-refractivity contribution in [2.24, 2.45) is 0 Å². The summed E-state index contributed by atoms with van der Waals surface area (Å²) in [7, 11) is 0. The zero-order valence-corrected chi connectivity index (χ0v) is 43.4. The van der Waals surface area contributed by atoms with Crippen LogP contribution >= 0.6 is 0 Å². The standard InChI is InChI=1S/C73H40N8/c1-45-34-59(78-5)27-28-60(45)55-26-33-71(80-67-29-23-52(48-14-8-17-56(36-48)75-2)40-61(67)62-41-53(24-30-68(62)80)49-15-9-18-57(37-49)76-3)65(43-55)73-66(79-6)20-11-21-72(73)81-69-31-22-51(47-13-7-12-46(35-47)44-74)39-63(69)64-42-54(25-32-70(64)81)50-16-10-19-58(38-50)77-4/h7-43H,1H3. The number of benzene rings is 11. The fourth-order valence-corrected chi connectivity index (χ4v) is 11.5. The Morgan fingerprint density at radius 2 is 0.741 bits per heavy atom. The summed E-state index contributed by atoms with van der Waals surface area (Å²) in [6, 6.07) is 76.7. The first-order valence-electron chi connectivity index (χ1n) is 26.0. The molecule has 0 aliphatic rings. The van der Waals surface area contributed by atoms with Gasteiger partial charge >= 0.3 is 0 Å². The van der Waals surface area contributed by atoms with Crippen LogP contribution in [-0.2, 0) is 0 Å². The van der Waals surface area contributed by atoms with Crippen molar-refractivity contribution in [3.8, 4) is 84.2 Å². The molecule has 0 radical (unpaired) electrons. The molecule has 2 aromatic heterocycles. The SMILES string of the molecule is [C-]#[N+]c1cccc(-c2ccc3c(c2)c2cc(-c4cccc([N+]#[C-])c4)ccc2n3-c2ccc(-c3ccc([N+]#[C-])cc3C)cc2-c2c([N+]#[C-])cccc2-n2c3ccc(-c4cccc(C#N)c4)cc3c3cc(-c4cccc([N+]#[C-])c4)ccc32)c1. The predicted octanol–water partition coefficient (Wildman–Crippen LogP) is 20.8. The van der Waals surface area contributed by atoms with Crippen LogP contribution < -0.4 is 0 Å². The maximum atomic E-state index is 9.91. The Hall–Kier alpha value is -12.0.